The van der Waals surface area contributed by atoms with Gasteiger partial charge in [-0.1, -0.05) is 41.5 Å². The van der Waals surface area contributed by atoms with E-state index in [2.05, 4.69) is 34.6 Å². The molecule has 4 heteroatoms. The maximum atomic E-state index is 14.6. The molecule has 6 rings (SSSR count). The molecule has 0 amide bonds. The quantitative estimate of drug-likeness (QED) is 0.507. The number of ether oxygens (including phenoxy) is 1. The zero-order valence-electron chi connectivity index (χ0n) is 22.3. The summed E-state index contributed by atoms with van der Waals surface area (Å²) in [5, 5.41) is 10.9. The summed E-state index contributed by atoms with van der Waals surface area (Å²) in [5.74, 6) is 2.22. The molecule has 1 spiro atoms. The lowest BCUT2D eigenvalue weighted by Gasteiger charge is -2.73. The molecule has 34 heavy (non-hydrogen) atoms. The van der Waals surface area contributed by atoms with Gasteiger partial charge in [-0.05, 0) is 85.9 Å². The van der Waals surface area contributed by atoms with Crippen LogP contribution in [0.2, 0.25) is 0 Å². The van der Waals surface area contributed by atoms with Crippen LogP contribution in [0.3, 0.4) is 0 Å². The minimum atomic E-state index is -0.716. The van der Waals surface area contributed by atoms with Crippen LogP contribution in [0.5, 0.6) is 0 Å². The Morgan fingerprint density at radius 1 is 0.941 bits per heavy atom. The molecule has 12 atom stereocenters. The average molecular weight is 471 g/mol. The van der Waals surface area contributed by atoms with Gasteiger partial charge in [0.15, 0.2) is 5.78 Å². The third-order valence-electron chi connectivity index (χ3n) is 14.2. The van der Waals surface area contributed by atoms with E-state index in [-0.39, 0.29) is 33.5 Å². The van der Waals surface area contributed by atoms with E-state index in [0.717, 1.165) is 38.6 Å². The molecule has 5 aliphatic carbocycles. The first kappa shape index (κ1) is 23.6. The Morgan fingerprint density at radius 3 is 2.38 bits per heavy atom. The molecule has 0 unspecified atom stereocenters. The highest BCUT2D eigenvalue weighted by atomic mass is 16.5. The number of rotatable bonds is 1. The molecule has 1 aliphatic heterocycles. The minimum absolute atomic E-state index is 0.00481. The van der Waals surface area contributed by atoms with Gasteiger partial charge >= 0.3 is 0 Å². The van der Waals surface area contributed by atoms with Crippen LogP contribution in [0.25, 0.3) is 0 Å². The van der Waals surface area contributed by atoms with Crippen molar-refractivity contribution in [2.45, 2.75) is 111 Å². The number of hydrogen-bond acceptors (Lipinski definition) is 4. The highest BCUT2D eigenvalue weighted by molar-refractivity contribution is 5.91. The van der Waals surface area contributed by atoms with Crippen LogP contribution in [0.15, 0.2) is 0 Å². The van der Waals surface area contributed by atoms with Crippen LogP contribution < -0.4 is 0 Å². The summed E-state index contributed by atoms with van der Waals surface area (Å²) in [7, 11) is 0. The first-order chi connectivity index (χ1) is 15.9. The molecule has 4 nitrogen and oxygen atoms in total. The molecule has 0 aromatic heterocycles. The summed E-state index contributed by atoms with van der Waals surface area (Å²) in [4.78, 5) is 26.9. The monoisotopic (exact) mass is 470 g/mol. The van der Waals surface area contributed by atoms with E-state index in [0.29, 0.717) is 36.4 Å². The second kappa shape index (κ2) is 6.77. The number of hydrogen-bond donors (Lipinski definition) is 1. The Balaban J connectivity index is 1.49. The lowest BCUT2D eigenvalue weighted by Crippen LogP contribution is -2.75. The minimum Gasteiger partial charge on any atom is -0.392 e. The maximum Gasteiger partial charge on any atom is 0.165 e. The van der Waals surface area contributed by atoms with Gasteiger partial charge in [-0.15, -0.1) is 0 Å². The Kier molecular flexibility index (Phi) is 4.71. The van der Waals surface area contributed by atoms with Crippen molar-refractivity contribution in [1.29, 1.82) is 0 Å². The molecule has 190 valence electrons. The molecule has 6 aliphatic rings. The highest BCUT2D eigenvalue weighted by Gasteiger charge is 2.81. The summed E-state index contributed by atoms with van der Waals surface area (Å²) in [5.41, 5.74) is -1.47. The number of aliphatic hydroxyl groups excluding tert-OH is 1. The molecular formula is C30H46O4. The molecule has 6 fully saturated rings. The SMILES string of the molecule is C[C@H]1[C@H](C)CC[C@@]23CC[C@@]4(C)[C@]5(C)CC[C@H]6[C@](C)(C=O)[C@@H](O)CC[C@]6(C)[C@H]5CC(=O)[C@]4(OC2)[C@H]13. The van der Waals surface area contributed by atoms with Gasteiger partial charge < -0.3 is 14.6 Å². The second-order valence-electron chi connectivity index (χ2n) is 14.8. The van der Waals surface area contributed by atoms with Gasteiger partial charge in [-0.2, -0.15) is 0 Å². The summed E-state index contributed by atoms with van der Waals surface area (Å²) in [6.07, 6.45) is 9.32. The zero-order valence-corrected chi connectivity index (χ0v) is 22.3. The number of fused-ring (bicyclic) bond motifs is 4. The van der Waals surface area contributed by atoms with Gasteiger partial charge in [0.05, 0.1) is 18.1 Å². The van der Waals surface area contributed by atoms with E-state index in [1.807, 2.05) is 6.92 Å². The van der Waals surface area contributed by atoms with Crippen LogP contribution >= 0.6 is 0 Å². The third kappa shape index (κ3) is 2.27. The Morgan fingerprint density at radius 2 is 1.68 bits per heavy atom. The fourth-order valence-electron chi connectivity index (χ4n) is 11.8. The van der Waals surface area contributed by atoms with Gasteiger partial charge in [0, 0.05) is 23.2 Å². The number of aliphatic hydroxyl groups is 1. The molecule has 0 aromatic carbocycles. The Labute approximate surface area is 206 Å². The van der Waals surface area contributed by atoms with Crippen molar-refractivity contribution < 1.29 is 19.4 Å². The summed E-state index contributed by atoms with van der Waals surface area (Å²) in [6, 6.07) is 0. The van der Waals surface area contributed by atoms with Crippen molar-refractivity contribution in [1.82, 2.24) is 0 Å². The standard InChI is InChI=1S/C30H46O4/c1-18-7-12-29-14-13-28(6)27(5)11-8-20-25(3,10-9-22(32)26(20,4)16-31)21(27)15-23(33)30(28,34-17-29)24(29)19(18)2/h16,18-22,24,32H,7-15,17H2,1-6H3/t18-,19+,20-,21-,22+,24-,25+,26+,27-,28+,29-,30+/m1/s1. The number of aldehydes is 1. The predicted octanol–water partition coefficient (Wildman–Crippen LogP) is 5.60. The second-order valence-corrected chi connectivity index (χ2v) is 14.8. The van der Waals surface area contributed by atoms with Crippen LogP contribution in [0.4, 0.5) is 0 Å². The first-order valence-corrected chi connectivity index (χ1v) is 14.2. The normalized spacial score (nSPS) is 62.7. The van der Waals surface area contributed by atoms with Crippen LogP contribution in [0, 0.1) is 56.7 Å². The molecule has 2 bridgehead atoms. The van der Waals surface area contributed by atoms with Crippen LogP contribution in [-0.2, 0) is 14.3 Å². The van der Waals surface area contributed by atoms with E-state index >= 15 is 0 Å². The van der Waals surface area contributed by atoms with Gasteiger partial charge in [-0.3, -0.25) is 4.79 Å². The van der Waals surface area contributed by atoms with E-state index in [1.54, 1.807) is 0 Å². The predicted molar refractivity (Wildman–Crippen MR) is 131 cm³/mol. The van der Waals surface area contributed by atoms with Gasteiger partial charge in [0.25, 0.3) is 0 Å². The van der Waals surface area contributed by atoms with E-state index in [9.17, 15) is 14.7 Å². The Hall–Kier alpha value is -0.740. The van der Waals surface area contributed by atoms with Crippen LogP contribution in [0.1, 0.15) is 99.3 Å². The smallest absolute Gasteiger partial charge is 0.165 e. The third-order valence-corrected chi connectivity index (χ3v) is 14.2. The van der Waals surface area contributed by atoms with Crippen molar-refractivity contribution >= 4 is 12.1 Å². The molecule has 1 saturated heterocycles. The van der Waals surface area contributed by atoms with E-state index in [4.69, 9.17) is 4.74 Å². The maximum absolute atomic E-state index is 14.6. The number of carbonyl (C=O) groups excluding carboxylic acids is 2. The Bertz CT molecular complexity index is 931. The highest BCUT2D eigenvalue weighted by Crippen LogP contribution is 2.79. The van der Waals surface area contributed by atoms with Crippen LogP contribution in [-0.4, -0.2) is 35.5 Å². The molecule has 0 radical (unpaired) electrons. The molecule has 1 heterocycles. The average Bonchev–Trinajstić information content (AvgIpc) is 3.09. The number of Topliss-reactive ketones (excluding diaryl/α,β-unsaturated/α-hetero) is 1. The van der Waals surface area contributed by atoms with E-state index < -0.39 is 17.1 Å². The molecule has 1 N–H and O–H groups in total. The van der Waals surface area contributed by atoms with Crippen molar-refractivity contribution in [2.75, 3.05) is 6.61 Å². The largest absolute Gasteiger partial charge is 0.392 e. The molecule has 0 aromatic rings. The number of ketones is 1. The lowest BCUT2D eigenvalue weighted by molar-refractivity contribution is -0.271. The lowest BCUT2D eigenvalue weighted by atomic mass is 9.30. The first-order valence-electron chi connectivity index (χ1n) is 14.2. The van der Waals surface area contributed by atoms with Crippen molar-refractivity contribution in [3.63, 3.8) is 0 Å². The summed E-state index contributed by atoms with van der Waals surface area (Å²) in [6.45, 7) is 14.8. The number of carbonyl (C=O) groups is 2. The van der Waals surface area contributed by atoms with Gasteiger partial charge in [0.1, 0.15) is 11.9 Å². The van der Waals surface area contributed by atoms with Crippen molar-refractivity contribution in [3.8, 4) is 0 Å². The fraction of sp³-hybridized carbons (Fsp3) is 0.933. The molecule has 5 saturated carbocycles. The van der Waals surface area contributed by atoms with Gasteiger partial charge in [-0.25, -0.2) is 0 Å². The zero-order chi connectivity index (χ0) is 24.5. The summed E-state index contributed by atoms with van der Waals surface area (Å²) < 4.78 is 6.96. The van der Waals surface area contributed by atoms with Crippen molar-refractivity contribution in [2.24, 2.45) is 56.7 Å². The van der Waals surface area contributed by atoms with E-state index in [1.165, 1.54) is 19.3 Å². The topological polar surface area (TPSA) is 63.6 Å². The van der Waals surface area contributed by atoms with Gasteiger partial charge in [0.2, 0.25) is 0 Å². The fourth-order valence-corrected chi connectivity index (χ4v) is 11.8. The summed E-state index contributed by atoms with van der Waals surface area (Å²) >= 11 is 0. The van der Waals surface area contributed by atoms with Crippen molar-refractivity contribution in [3.05, 3.63) is 0 Å². The molecular weight excluding hydrogens is 424 g/mol.